The van der Waals surface area contributed by atoms with Crippen molar-refractivity contribution in [3.05, 3.63) is 32.3 Å². The lowest BCUT2D eigenvalue weighted by Crippen LogP contribution is -2.28. The monoisotopic (exact) mass is 352 g/mol. The normalized spacial score (nSPS) is 17.4. The minimum absolute atomic E-state index is 0. The van der Waals surface area contributed by atoms with Crippen LogP contribution in [0.1, 0.15) is 24.4 Å². The summed E-state index contributed by atoms with van der Waals surface area (Å²) in [5.74, 6) is -0.0368. The summed E-state index contributed by atoms with van der Waals surface area (Å²) in [5.41, 5.74) is 5.88. The van der Waals surface area contributed by atoms with Gasteiger partial charge in [0.25, 0.3) is 5.69 Å². The van der Waals surface area contributed by atoms with E-state index in [-0.39, 0.29) is 39.8 Å². The van der Waals surface area contributed by atoms with Crippen LogP contribution in [0.15, 0.2) is 16.6 Å². The number of phenolic OH excluding ortho intramolecular Hbond substituents is 1. The lowest BCUT2D eigenvalue weighted by molar-refractivity contribution is -0.385. The molecule has 1 aromatic carbocycles. The maximum Gasteiger partial charge on any atom is 0.271 e. The zero-order chi connectivity index (χ0) is 13.4. The Bertz CT molecular complexity index is 496. The van der Waals surface area contributed by atoms with E-state index in [0.717, 1.165) is 12.8 Å². The van der Waals surface area contributed by atoms with Gasteiger partial charge in [-0.1, -0.05) is 0 Å². The van der Waals surface area contributed by atoms with Crippen molar-refractivity contribution in [2.24, 2.45) is 11.7 Å². The molecule has 0 aromatic heterocycles. The topological polar surface area (TPSA) is 110 Å². The molecule has 0 amide bonds. The Hall–Kier alpha value is -0.890. The van der Waals surface area contributed by atoms with Crippen molar-refractivity contribution in [1.29, 1.82) is 0 Å². The molecule has 1 saturated carbocycles. The Morgan fingerprint density at radius 2 is 2.05 bits per heavy atom. The number of rotatable bonds is 4. The first kappa shape index (κ1) is 16.2. The van der Waals surface area contributed by atoms with Crippen LogP contribution in [0.3, 0.4) is 0 Å². The zero-order valence-corrected chi connectivity index (χ0v) is 12.2. The molecule has 1 aliphatic rings. The molecular formula is C11H14BrClN2O4. The number of phenols is 1. The Morgan fingerprint density at radius 1 is 1.47 bits per heavy atom. The molecule has 4 N–H and O–H groups in total. The van der Waals surface area contributed by atoms with Crippen LogP contribution in [0.4, 0.5) is 5.69 Å². The number of aliphatic hydroxyl groups excluding tert-OH is 1. The third-order valence-electron chi connectivity index (χ3n) is 3.12. The molecule has 0 unspecified atom stereocenters. The van der Waals surface area contributed by atoms with Gasteiger partial charge in [0.15, 0.2) is 0 Å². The largest absolute Gasteiger partial charge is 0.506 e. The van der Waals surface area contributed by atoms with Crippen LogP contribution in [-0.4, -0.2) is 21.2 Å². The first-order chi connectivity index (χ1) is 8.41. The van der Waals surface area contributed by atoms with Gasteiger partial charge in [-0.3, -0.25) is 10.1 Å². The van der Waals surface area contributed by atoms with Gasteiger partial charge in [-0.05, 0) is 34.7 Å². The molecule has 2 rings (SSSR count). The van der Waals surface area contributed by atoms with Crippen molar-refractivity contribution in [3.63, 3.8) is 0 Å². The number of benzene rings is 1. The zero-order valence-electron chi connectivity index (χ0n) is 9.82. The molecule has 8 heteroatoms. The summed E-state index contributed by atoms with van der Waals surface area (Å²) < 4.78 is 0.199. The molecular weight excluding hydrogens is 339 g/mol. The van der Waals surface area contributed by atoms with E-state index < -0.39 is 17.1 Å². The lowest BCUT2D eigenvalue weighted by atomic mass is 9.98. The van der Waals surface area contributed by atoms with Crippen LogP contribution >= 0.6 is 28.3 Å². The molecule has 2 atom stereocenters. The summed E-state index contributed by atoms with van der Waals surface area (Å²) in [6.45, 7) is 0. The highest BCUT2D eigenvalue weighted by Gasteiger charge is 2.36. The molecule has 6 nitrogen and oxygen atoms in total. The maximum absolute atomic E-state index is 10.8. The predicted molar refractivity (Wildman–Crippen MR) is 75.4 cm³/mol. The Labute approximate surface area is 124 Å². The predicted octanol–water partition coefficient (Wildman–Crippen LogP) is 2.26. The molecule has 0 bridgehead atoms. The molecule has 1 aromatic rings. The highest BCUT2D eigenvalue weighted by atomic mass is 79.9. The van der Waals surface area contributed by atoms with Gasteiger partial charge < -0.3 is 15.9 Å². The highest BCUT2D eigenvalue weighted by molar-refractivity contribution is 9.10. The minimum Gasteiger partial charge on any atom is -0.506 e. The average Bonchev–Trinajstić information content (AvgIpc) is 3.14. The standard InChI is InChI=1S/C11H13BrN2O4.ClH/c12-8-4-6(14(17)18)3-7(11(8)16)9(13)10(15)5-1-2-5;/h3-5,9-10,15-16H,1-2,13H2;1H/t9-,10+;/m0./s1. The van der Waals surface area contributed by atoms with Gasteiger partial charge in [0, 0.05) is 17.7 Å². The van der Waals surface area contributed by atoms with E-state index in [4.69, 9.17) is 5.73 Å². The van der Waals surface area contributed by atoms with Crippen LogP contribution in [-0.2, 0) is 0 Å². The summed E-state index contributed by atoms with van der Waals surface area (Å²) >= 11 is 3.04. The van der Waals surface area contributed by atoms with E-state index in [2.05, 4.69) is 15.9 Å². The second kappa shape index (κ2) is 6.04. The number of nitro benzene ring substituents is 1. The Kier molecular flexibility index (Phi) is 5.14. The van der Waals surface area contributed by atoms with Crippen LogP contribution in [0.25, 0.3) is 0 Å². The molecule has 0 heterocycles. The van der Waals surface area contributed by atoms with Crippen molar-refractivity contribution in [3.8, 4) is 5.75 Å². The van der Waals surface area contributed by atoms with Crippen LogP contribution in [0.5, 0.6) is 5.75 Å². The van der Waals surface area contributed by atoms with E-state index in [0.29, 0.717) is 0 Å². The van der Waals surface area contributed by atoms with Gasteiger partial charge in [-0.15, -0.1) is 12.4 Å². The van der Waals surface area contributed by atoms with Gasteiger partial charge >= 0.3 is 0 Å². The quantitative estimate of drug-likeness (QED) is 0.568. The molecule has 0 aliphatic heterocycles. The Morgan fingerprint density at radius 3 is 2.53 bits per heavy atom. The van der Waals surface area contributed by atoms with Crippen LogP contribution in [0, 0.1) is 16.0 Å². The minimum atomic E-state index is -0.825. The first-order valence-corrected chi connectivity index (χ1v) is 6.31. The van der Waals surface area contributed by atoms with Crippen molar-refractivity contribution in [2.75, 3.05) is 0 Å². The molecule has 1 fully saturated rings. The van der Waals surface area contributed by atoms with Gasteiger partial charge in [-0.2, -0.15) is 0 Å². The average molecular weight is 354 g/mol. The fourth-order valence-corrected chi connectivity index (χ4v) is 2.34. The molecule has 0 saturated heterocycles. The third-order valence-corrected chi connectivity index (χ3v) is 3.73. The number of hydrogen-bond donors (Lipinski definition) is 3. The fourth-order valence-electron chi connectivity index (χ4n) is 1.88. The number of aromatic hydroxyl groups is 1. The molecule has 19 heavy (non-hydrogen) atoms. The van der Waals surface area contributed by atoms with E-state index in [1.54, 1.807) is 0 Å². The molecule has 106 valence electrons. The van der Waals surface area contributed by atoms with Crippen LogP contribution in [0.2, 0.25) is 0 Å². The van der Waals surface area contributed by atoms with Crippen molar-refractivity contribution >= 4 is 34.0 Å². The summed E-state index contributed by atoms with van der Waals surface area (Å²) in [4.78, 5) is 10.2. The number of nitrogens with two attached hydrogens (primary N) is 1. The van der Waals surface area contributed by atoms with E-state index in [1.807, 2.05) is 0 Å². The summed E-state index contributed by atoms with van der Waals surface area (Å²) in [5, 5.41) is 30.6. The lowest BCUT2D eigenvalue weighted by Gasteiger charge is -2.20. The fraction of sp³-hybridized carbons (Fsp3) is 0.455. The van der Waals surface area contributed by atoms with E-state index in [1.165, 1.54) is 12.1 Å². The van der Waals surface area contributed by atoms with Gasteiger partial charge in [0.2, 0.25) is 0 Å². The van der Waals surface area contributed by atoms with Crippen molar-refractivity contribution in [1.82, 2.24) is 0 Å². The summed E-state index contributed by atoms with van der Waals surface area (Å²) in [6, 6.07) is 1.58. The number of nitrogens with zero attached hydrogens (tertiary/aromatic N) is 1. The third kappa shape index (κ3) is 3.36. The molecule has 0 radical (unpaired) electrons. The van der Waals surface area contributed by atoms with Gasteiger partial charge in [0.1, 0.15) is 5.75 Å². The van der Waals surface area contributed by atoms with Gasteiger partial charge in [-0.25, -0.2) is 0 Å². The summed E-state index contributed by atoms with van der Waals surface area (Å²) in [6.07, 6.45) is 1.00. The Balaban J connectivity index is 0.00000180. The van der Waals surface area contributed by atoms with Crippen molar-refractivity contribution < 1.29 is 15.1 Å². The number of nitro groups is 1. The van der Waals surface area contributed by atoms with E-state index >= 15 is 0 Å². The number of hydrogen-bond acceptors (Lipinski definition) is 5. The first-order valence-electron chi connectivity index (χ1n) is 5.52. The number of halogens is 2. The van der Waals surface area contributed by atoms with Gasteiger partial charge in [0.05, 0.1) is 21.5 Å². The maximum atomic E-state index is 10.8. The number of aliphatic hydroxyl groups is 1. The van der Waals surface area contributed by atoms with Crippen LogP contribution < -0.4 is 5.73 Å². The highest BCUT2D eigenvalue weighted by Crippen LogP contribution is 2.41. The SMILES string of the molecule is Cl.N[C@@H](c1cc([N+](=O)[O-])cc(Br)c1O)[C@H](O)C1CC1. The second-order valence-electron chi connectivity index (χ2n) is 4.48. The molecule has 0 spiro atoms. The van der Waals surface area contributed by atoms with Crippen molar-refractivity contribution in [2.45, 2.75) is 25.0 Å². The van der Waals surface area contributed by atoms with E-state index in [9.17, 15) is 20.3 Å². The second-order valence-corrected chi connectivity index (χ2v) is 5.33. The number of non-ortho nitro benzene ring substituents is 1. The molecule has 1 aliphatic carbocycles. The smallest absolute Gasteiger partial charge is 0.271 e. The summed E-state index contributed by atoms with van der Waals surface area (Å²) in [7, 11) is 0.